The van der Waals surface area contributed by atoms with Gasteiger partial charge >= 0.3 is 6.09 Å². The van der Waals surface area contributed by atoms with Crippen LogP contribution in [-0.4, -0.2) is 88.6 Å². The van der Waals surface area contributed by atoms with Crippen molar-refractivity contribution in [1.29, 1.82) is 0 Å². The summed E-state index contributed by atoms with van der Waals surface area (Å²) in [5.41, 5.74) is 0.524. The number of anilines is 1. The van der Waals surface area contributed by atoms with E-state index in [0.717, 1.165) is 11.8 Å². The Morgan fingerprint density at radius 1 is 1.24 bits per heavy atom. The zero-order chi connectivity index (χ0) is 24.2. The number of hydrogen-bond acceptors (Lipinski definition) is 9. The molecule has 0 aromatic carbocycles. The number of thiocarbonyl (C=S) groups is 1. The lowest BCUT2D eigenvalue weighted by atomic mass is 10.2. The minimum atomic E-state index is -0.353. The van der Waals surface area contributed by atoms with Gasteiger partial charge in [0.25, 0.3) is 11.5 Å². The van der Waals surface area contributed by atoms with Gasteiger partial charge in [0.1, 0.15) is 15.8 Å². The molecule has 0 unspecified atom stereocenters. The largest absolute Gasteiger partial charge is 0.450 e. The van der Waals surface area contributed by atoms with Gasteiger partial charge in [0.05, 0.1) is 30.2 Å². The molecule has 0 aliphatic carbocycles. The Kier molecular flexibility index (Phi) is 7.49. The first-order valence-corrected chi connectivity index (χ1v) is 12.1. The number of amides is 2. The van der Waals surface area contributed by atoms with Crippen LogP contribution in [0.15, 0.2) is 34.1 Å². The summed E-state index contributed by atoms with van der Waals surface area (Å²) in [6.07, 6.45) is 2.87. The van der Waals surface area contributed by atoms with Crippen LogP contribution in [0.25, 0.3) is 11.7 Å². The summed E-state index contributed by atoms with van der Waals surface area (Å²) in [7, 11) is 1.56. The van der Waals surface area contributed by atoms with E-state index in [1.165, 1.54) is 9.30 Å². The molecule has 0 bridgehead atoms. The molecule has 12 heteroatoms. The van der Waals surface area contributed by atoms with E-state index in [4.69, 9.17) is 26.7 Å². The Labute approximate surface area is 206 Å². The second kappa shape index (κ2) is 10.5. The molecule has 0 atom stereocenters. The molecule has 34 heavy (non-hydrogen) atoms. The number of nitrogens with zero attached hydrogens (tertiary/aromatic N) is 5. The Bertz CT molecular complexity index is 1210. The lowest BCUT2D eigenvalue weighted by Crippen LogP contribution is -2.49. The van der Waals surface area contributed by atoms with Gasteiger partial charge in [-0.25, -0.2) is 9.78 Å². The second-order valence-electron chi connectivity index (χ2n) is 7.58. The fourth-order valence-corrected chi connectivity index (χ4v) is 5.07. The number of rotatable bonds is 6. The van der Waals surface area contributed by atoms with E-state index >= 15 is 0 Å². The number of pyridine rings is 1. The molecule has 2 aromatic rings. The fraction of sp³-hybridized carbons (Fsp3) is 0.409. The van der Waals surface area contributed by atoms with Gasteiger partial charge in [-0.3, -0.25) is 18.9 Å². The zero-order valence-electron chi connectivity index (χ0n) is 18.9. The number of fused-ring (bicyclic) bond motifs is 1. The average molecular weight is 504 g/mol. The molecule has 0 N–H and O–H groups in total. The highest BCUT2D eigenvalue weighted by Gasteiger charge is 2.33. The number of piperazine rings is 1. The van der Waals surface area contributed by atoms with Gasteiger partial charge < -0.3 is 19.3 Å². The molecule has 2 saturated heterocycles. The van der Waals surface area contributed by atoms with E-state index in [2.05, 4.69) is 0 Å². The molecule has 10 nitrogen and oxygen atoms in total. The molecule has 2 aliphatic rings. The van der Waals surface area contributed by atoms with Crippen LogP contribution in [0.5, 0.6) is 0 Å². The number of ether oxygens (including phenoxy) is 2. The lowest BCUT2D eigenvalue weighted by molar-refractivity contribution is -0.122. The van der Waals surface area contributed by atoms with E-state index in [1.54, 1.807) is 43.3 Å². The predicted molar refractivity (Wildman–Crippen MR) is 134 cm³/mol. The minimum Gasteiger partial charge on any atom is -0.450 e. The Morgan fingerprint density at radius 2 is 2.00 bits per heavy atom. The smallest absolute Gasteiger partial charge is 0.409 e. The van der Waals surface area contributed by atoms with Gasteiger partial charge in [0.15, 0.2) is 0 Å². The van der Waals surface area contributed by atoms with Crippen molar-refractivity contribution in [3.05, 3.63) is 45.2 Å². The van der Waals surface area contributed by atoms with Crippen LogP contribution in [0.1, 0.15) is 12.5 Å². The van der Waals surface area contributed by atoms with Gasteiger partial charge in [-0.15, -0.1) is 0 Å². The van der Waals surface area contributed by atoms with Gasteiger partial charge in [-0.1, -0.05) is 30.0 Å². The summed E-state index contributed by atoms with van der Waals surface area (Å²) < 4.78 is 12.0. The first-order chi connectivity index (χ1) is 16.4. The van der Waals surface area contributed by atoms with E-state index < -0.39 is 0 Å². The number of carbonyl (C=O) groups excluding carboxylic acids is 2. The van der Waals surface area contributed by atoms with E-state index in [-0.39, 0.29) is 17.6 Å². The van der Waals surface area contributed by atoms with Crippen molar-refractivity contribution in [2.75, 3.05) is 57.9 Å². The summed E-state index contributed by atoms with van der Waals surface area (Å²) in [5.74, 6) is 0.213. The van der Waals surface area contributed by atoms with Crippen molar-refractivity contribution in [3.63, 3.8) is 0 Å². The van der Waals surface area contributed by atoms with Crippen LogP contribution in [-0.2, 0) is 14.3 Å². The minimum absolute atomic E-state index is 0.261. The molecule has 2 aliphatic heterocycles. The third kappa shape index (κ3) is 4.79. The molecule has 180 valence electrons. The van der Waals surface area contributed by atoms with Crippen molar-refractivity contribution in [1.82, 2.24) is 19.2 Å². The van der Waals surface area contributed by atoms with E-state index in [0.29, 0.717) is 72.2 Å². The summed E-state index contributed by atoms with van der Waals surface area (Å²) in [4.78, 5) is 48.7. The number of methoxy groups -OCH3 is 1. The quantitative estimate of drug-likeness (QED) is 0.432. The van der Waals surface area contributed by atoms with Crippen LogP contribution in [0.4, 0.5) is 10.6 Å². The first kappa shape index (κ1) is 24.2. The normalized spacial score (nSPS) is 17.8. The van der Waals surface area contributed by atoms with Crippen LogP contribution >= 0.6 is 24.0 Å². The maximum Gasteiger partial charge on any atom is 0.409 e. The van der Waals surface area contributed by atoms with E-state index in [9.17, 15) is 14.4 Å². The maximum atomic E-state index is 13.5. The van der Waals surface area contributed by atoms with Crippen LogP contribution in [0.2, 0.25) is 0 Å². The Balaban J connectivity index is 1.70. The first-order valence-electron chi connectivity index (χ1n) is 10.9. The van der Waals surface area contributed by atoms with Crippen molar-refractivity contribution >= 4 is 57.8 Å². The van der Waals surface area contributed by atoms with Gasteiger partial charge in [-0.05, 0) is 25.1 Å². The number of hydrogen-bond donors (Lipinski definition) is 0. The highest BCUT2D eigenvalue weighted by Crippen LogP contribution is 2.33. The molecular weight excluding hydrogens is 478 g/mol. The van der Waals surface area contributed by atoms with Crippen LogP contribution in [0.3, 0.4) is 0 Å². The molecule has 2 fully saturated rings. The summed E-state index contributed by atoms with van der Waals surface area (Å²) in [5, 5.41) is 0. The maximum absolute atomic E-state index is 13.5. The molecule has 2 aromatic heterocycles. The van der Waals surface area contributed by atoms with Crippen LogP contribution in [0, 0.1) is 0 Å². The third-order valence-electron chi connectivity index (χ3n) is 5.52. The zero-order valence-corrected chi connectivity index (χ0v) is 20.6. The molecule has 4 heterocycles. The molecule has 0 spiro atoms. The fourth-order valence-electron chi connectivity index (χ4n) is 3.78. The van der Waals surface area contributed by atoms with Crippen LogP contribution < -0.4 is 10.5 Å². The van der Waals surface area contributed by atoms with Crippen molar-refractivity contribution in [3.8, 4) is 0 Å². The monoisotopic (exact) mass is 503 g/mol. The van der Waals surface area contributed by atoms with Crippen molar-refractivity contribution in [2.24, 2.45) is 0 Å². The SMILES string of the molecule is CCOC(=O)N1CCN(c2nc3ccccn3c(=O)c2/C=C2/SC(=S)N(CCOC)C2=O)CC1. The lowest BCUT2D eigenvalue weighted by Gasteiger charge is -2.35. The highest BCUT2D eigenvalue weighted by atomic mass is 32.2. The summed E-state index contributed by atoms with van der Waals surface area (Å²) in [6.45, 7) is 4.61. The third-order valence-corrected chi connectivity index (χ3v) is 6.90. The molecule has 0 saturated carbocycles. The second-order valence-corrected chi connectivity index (χ2v) is 9.26. The number of thioether (sulfide) groups is 1. The van der Waals surface area contributed by atoms with Gasteiger partial charge in [0, 0.05) is 39.5 Å². The molecule has 4 rings (SSSR count). The van der Waals surface area contributed by atoms with E-state index in [1.807, 2.05) is 11.0 Å². The highest BCUT2D eigenvalue weighted by molar-refractivity contribution is 8.26. The standard InChI is InChI=1S/C22H25N5O5S2/c1-3-32-21(30)25-10-8-24(9-11-25)18-15(19(28)26-7-5-4-6-17(26)23-18)14-16-20(29)27(12-13-31-2)22(33)34-16/h4-7,14H,3,8-13H2,1-2H3/b16-14+. The van der Waals surface area contributed by atoms with Crippen molar-refractivity contribution < 1.29 is 19.1 Å². The molecule has 0 radical (unpaired) electrons. The topological polar surface area (TPSA) is 96.7 Å². The average Bonchev–Trinajstić information content (AvgIpc) is 3.11. The molecular formula is C22H25N5O5S2. The Hall–Kier alpha value is -2.96. The predicted octanol–water partition coefficient (Wildman–Crippen LogP) is 1.82. The van der Waals surface area contributed by atoms with Crippen molar-refractivity contribution in [2.45, 2.75) is 6.92 Å². The van der Waals surface area contributed by atoms with Gasteiger partial charge in [0.2, 0.25) is 0 Å². The summed E-state index contributed by atoms with van der Waals surface area (Å²) >= 11 is 6.52. The number of carbonyl (C=O) groups is 2. The Morgan fingerprint density at radius 3 is 2.71 bits per heavy atom. The number of aromatic nitrogens is 2. The van der Waals surface area contributed by atoms with Gasteiger partial charge in [-0.2, -0.15) is 0 Å². The molecule has 2 amide bonds. The summed E-state index contributed by atoms with van der Waals surface area (Å²) in [6, 6.07) is 5.32.